The molecule has 1 saturated carbocycles. The molecule has 1 saturated heterocycles. The molecule has 33 heavy (non-hydrogen) atoms. The number of nitrogens with zero attached hydrogens (tertiary/aromatic N) is 3. The van der Waals surface area contributed by atoms with E-state index in [4.69, 9.17) is 9.47 Å². The van der Waals surface area contributed by atoms with Crippen LogP contribution in [0.1, 0.15) is 25.7 Å². The number of carbonyl (C=O) groups is 2. The Labute approximate surface area is 197 Å². The number of anilines is 2. The average Bonchev–Trinajstić information content (AvgIpc) is 3.67. The quantitative estimate of drug-likeness (QED) is 0.425. The lowest BCUT2D eigenvalue weighted by atomic mass is 9.96. The minimum absolute atomic E-state index is 0.0785. The second kappa shape index (κ2) is 10.7. The third-order valence-corrected chi connectivity index (χ3v) is 6.70. The van der Waals surface area contributed by atoms with Gasteiger partial charge in [-0.1, -0.05) is 11.8 Å². The third-order valence-electron chi connectivity index (χ3n) is 5.77. The van der Waals surface area contributed by atoms with Crippen molar-refractivity contribution in [2.45, 2.75) is 36.8 Å². The SMILES string of the molecule is COc1ccc(OC)c(NC(=O)CSc2cc(N3CCC(C(=O)NC4CC4)CC3)ncn2)c1. The summed E-state index contributed by atoms with van der Waals surface area (Å²) in [7, 11) is 3.12. The number of hydrogen-bond acceptors (Lipinski definition) is 8. The zero-order chi connectivity index (χ0) is 23.2. The standard InChI is InChI=1S/C23H29N5O4S/c1-31-17-5-6-19(32-2)18(11-17)27-21(29)13-33-22-12-20(24-14-25-22)28-9-7-15(8-10-28)23(30)26-16-3-4-16/h5-6,11-12,14-16H,3-4,7-10,13H2,1-2H3,(H,26,30)(H,27,29). The number of hydrogen-bond donors (Lipinski definition) is 2. The van der Waals surface area contributed by atoms with Crippen LogP contribution in [0.2, 0.25) is 0 Å². The maximum absolute atomic E-state index is 12.5. The van der Waals surface area contributed by atoms with Crippen molar-refractivity contribution in [3.05, 3.63) is 30.6 Å². The molecule has 0 unspecified atom stereocenters. The fraction of sp³-hybridized carbons (Fsp3) is 0.478. The van der Waals surface area contributed by atoms with E-state index in [2.05, 4.69) is 25.5 Å². The van der Waals surface area contributed by atoms with Gasteiger partial charge >= 0.3 is 0 Å². The van der Waals surface area contributed by atoms with Gasteiger partial charge in [-0.2, -0.15) is 0 Å². The molecule has 2 fully saturated rings. The fourth-order valence-electron chi connectivity index (χ4n) is 3.74. The second-order valence-corrected chi connectivity index (χ2v) is 9.16. The summed E-state index contributed by atoms with van der Waals surface area (Å²) in [6.45, 7) is 1.56. The lowest BCUT2D eigenvalue weighted by Gasteiger charge is -2.32. The van der Waals surface area contributed by atoms with Gasteiger partial charge in [0.1, 0.15) is 28.7 Å². The van der Waals surface area contributed by atoms with Crippen LogP contribution in [0.3, 0.4) is 0 Å². The van der Waals surface area contributed by atoms with Gasteiger partial charge in [-0.15, -0.1) is 0 Å². The molecule has 2 aromatic rings. The van der Waals surface area contributed by atoms with E-state index in [1.54, 1.807) is 32.4 Å². The van der Waals surface area contributed by atoms with Crippen molar-refractivity contribution >= 4 is 35.1 Å². The summed E-state index contributed by atoms with van der Waals surface area (Å²) in [4.78, 5) is 35.7. The van der Waals surface area contributed by atoms with E-state index in [-0.39, 0.29) is 23.5 Å². The number of piperidine rings is 1. The predicted octanol–water partition coefficient (Wildman–Crippen LogP) is 2.72. The molecule has 0 radical (unpaired) electrons. The summed E-state index contributed by atoms with van der Waals surface area (Å²) in [5.74, 6) is 2.31. The highest BCUT2D eigenvalue weighted by Gasteiger charge is 2.30. The molecule has 2 amide bonds. The number of rotatable bonds is 9. The first-order valence-corrected chi connectivity index (χ1v) is 12.1. The zero-order valence-electron chi connectivity index (χ0n) is 18.9. The molecule has 2 N–H and O–H groups in total. The lowest BCUT2D eigenvalue weighted by molar-refractivity contribution is -0.125. The third kappa shape index (κ3) is 6.28. The van der Waals surface area contributed by atoms with Crippen LogP contribution < -0.4 is 25.0 Å². The molecule has 1 aromatic carbocycles. The Kier molecular flexibility index (Phi) is 7.54. The van der Waals surface area contributed by atoms with Crippen molar-refractivity contribution in [1.82, 2.24) is 15.3 Å². The van der Waals surface area contributed by atoms with Gasteiger partial charge < -0.3 is 25.0 Å². The van der Waals surface area contributed by atoms with E-state index in [0.717, 1.165) is 49.6 Å². The Morgan fingerprint density at radius 3 is 2.58 bits per heavy atom. The maximum Gasteiger partial charge on any atom is 0.234 e. The Morgan fingerprint density at radius 2 is 1.88 bits per heavy atom. The van der Waals surface area contributed by atoms with Gasteiger partial charge in [-0.3, -0.25) is 9.59 Å². The molecule has 9 nitrogen and oxygen atoms in total. The number of carbonyl (C=O) groups excluding carboxylic acids is 2. The van der Waals surface area contributed by atoms with Crippen LogP contribution in [0.4, 0.5) is 11.5 Å². The lowest BCUT2D eigenvalue weighted by Crippen LogP contribution is -2.41. The summed E-state index contributed by atoms with van der Waals surface area (Å²) in [5, 5.41) is 6.69. The van der Waals surface area contributed by atoms with Crippen molar-refractivity contribution in [2.24, 2.45) is 5.92 Å². The first-order valence-electron chi connectivity index (χ1n) is 11.1. The highest BCUT2D eigenvalue weighted by molar-refractivity contribution is 7.99. The second-order valence-electron chi connectivity index (χ2n) is 8.16. The van der Waals surface area contributed by atoms with Crippen molar-refractivity contribution in [3.8, 4) is 11.5 Å². The normalized spacial score (nSPS) is 16.2. The summed E-state index contributed by atoms with van der Waals surface area (Å²) >= 11 is 1.34. The Balaban J connectivity index is 1.29. The number of ether oxygens (including phenoxy) is 2. The molecule has 1 aromatic heterocycles. The van der Waals surface area contributed by atoms with Crippen molar-refractivity contribution < 1.29 is 19.1 Å². The minimum Gasteiger partial charge on any atom is -0.497 e. The summed E-state index contributed by atoms with van der Waals surface area (Å²) in [6.07, 6.45) is 5.37. The van der Waals surface area contributed by atoms with Crippen molar-refractivity contribution in [2.75, 3.05) is 43.3 Å². The molecule has 0 spiro atoms. The fourth-order valence-corrected chi connectivity index (χ4v) is 4.40. The van der Waals surface area contributed by atoms with E-state index < -0.39 is 0 Å². The summed E-state index contributed by atoms with van der Waals surface area (Å²) < 4.78 is 10.5. The molecule has 2 heterocycles. The largest absolute Gasteiger partial charge is 0.497 e. The molecule has 0 bridgehead atoms. The van der Waals surface area contributed by atoms with Crippen LogP contribution in [0.25, 0.3) is 0 Å². The molecule has 1 aliphatic heterocycles. The van der Waals surface area contributed by atoms with Gasteiger partial charge in [-0.05, 0) is 37.8 Å². The van der Waals surface area contributed by atoms with Crippen molar-refractivity contribution in [3.63, 3.8) is 0 Å². The van der Waals surface area contributed by atoms with E-state index in [1.807, 2.05) is 6.07 Å². The van der Waals surface area contributed by atoms with Crippen LogP contribution in [0.15, 0.2) is 35.6 Å². The van der Waals surface area contributed by atoms with E-state index in [0.29, 0.717) is 23.2 Å². The molecule has 1 aliphatic carbocycles. The number of methoxy groups -OCH3 is 2. The Bertz CT molecular complexity index is 993. The molecule has 176 valence electrons. The Morgan fingerprint density at radius 1 is 1.09 bits per heavy atom. The molecule has 2 aliphatic rings. The van der Waals surface area contributed by atoms with E-state index in [9.17, 15) is 9.59 Å². The zero-order valence-corrected chi connectivity index (χ0v) is 19.7. The number of benzene rings is 1. The monoisotopic (exact) mass is 471 g/mol. The molecular formula is C23H29N5O4S. The first kappa shape index (κ1) is 23.2. The molecular weight excluding hydrogens is 442 g/mol. The van der Waals surface area contributed by atoms with Crippen LogP contribution in [0, 0.1) is 5.92 Å². The number of nitrogens with one attached hydrogen (secondary N) is 2. The van der Waals surface area contributed by atoms with Crippen LogP contribution in [0.5, 0.6) is 11.5 Å². The molecule has 0 atom stereocenters. The summed E-state index contributed by atoms with van der Waals surface area (Å²) in [5.41, 5.74) is 0.555. The van der Waals surface area contributed by atoms with Gasteiger partial charge in [-0.25, -0.2) is 9.97 Å². The molecule has 4 rings (SSSR count). The maximum atomic E-state index is 12.5. The van der Waals surface area contributed by atoms with Crippen LogP contribution in [-0.4, -0.2) is 60.9 Å². The Hall–Kier alpha value is -3.01. The summed E-state index contributed by atoms with van der Waals surface area (Å²) in [6, 6.07) is 7.54. The highest BCUT2D eigenvalue weighted by atomic mass is 32.2. The van der Waals surface area contributed by atoms with Gasteiger partial charge in [0.2, 0.25) is 11.8 Å². The topological polar surface area (TPSA) is 106 Å². The van der Waals surface area contributed by atoms with E-state index >= 15 is 0 Å². The number of thioether (sulfide) groups is 1. The minimum atomic E-state index is -0.172. The van der Waals surface area contributed by atoms with Gasteiger partial charge in [0.05, 0.1) is 25.7 Å². The highest BCUT2D eigenvalue weighted by Crippen LogP contribution is 2.30. The first-order chi connectivity index (χ1) is 16.1. The van der Waals surface area contributed by atoms with Gasteiger partial charge in [0.25, 0.3) is 0 Å². The van der Waals surface area contributed by atoms with Crippen LogP contribution >= 0.6 is 11.8 Å². The van der Waals surface area contributed by atoms with Crippen LogP contribution in [-0.2, 0) is 9.59 Å². The van der Waals surface area contributed by atoms with Gasteiger partial charge in [0.15, 0.2) is 0 Å². The van der Waals surface area contributed by atoms with Gasteiger partial charge in [0, 0.05) is 37.2 Å². The number of amides is 2. The predicted molar refractivity (Wildman–Crippen MR) is 127 cm³/mol. The van der Waals surface area contributed by atoms with E-state index in [1.165, 1.54) is 18.1 Å². The smallest absolute Gasteiger partial charge is 0.234 e. The number of aromatic nitrogens is 2. The molecule has 10 heteroatoms. The average molecular weight is 472 g/mol. The van der Waals surface area contributed by atoms with Crippen molar-refractivity contribution in [1.29, 1.82) is 0 Å².